The summed E-state index contributed by atoms with van der Waals surface area (Å²) >= 11 is 0. The third-order valence-electron chi connectivity index (χ3n) is 5.04. The molecule has 21 heavy (non-hydrogen) atoms. The van der Waals surface area contributed by atoms with Crippen LogP contribution in [0, 0.1) is 17.8 Å². The average molecular weight is 289 g/mol. The van der Waals surface area contributed by atoms with Gasteiger partial charge in [-0.05, 0) is 68.3 Å². The fourth-order valence-electron chi connectivity index (χ4n) is 3.98. The molecule has 0 spiro atoms. The van der Waals surface area contributed by atoms with Gasteiger partial charge in [0.1, 0.15) is 5.75 Å². The Balaban J connectivity index is 2.04. The Morgan fingerprint density at radius 3 is 2.81 bits per heavy atom. The molecule has 1 aromatic rings. The molecule has 2 heteroatoms. The minimum Gasteiger partial charge on any atom is -0.497 e. The standard InChI is InChI=1S/C19H31NO/c1-4-6-15-9-10-17(14-20-2)18(11-15)12-16-7-5-8-19(13-16)21-3/h5,7-8,13,15,17-18,20H,4,6,9-12,14H2,1-3H3. The van der Waals surface area contributed by atoms with Crippen molar-refractivity contribution in [1.29, 1.82) is 0 Å². The summed E-state index contributed by atoms with van der Waals surface area (Å²) in [6.45, 7) is 3.48. The summed E-state index contributed by atoms with van der Waals surface area (Å²) in [5, 5.41) is 3.40. The van der Waals surface area contributed by atoms with Gasteiger partial charge in [-0.2, -0.15) is 0 Å². The first-order chi connectivity index (χ1) is 10.3. The molecule has 1 aliphatic rings. The lowest BCUT2D eigenvalue weighted by molar-refractivity contribution is 0.169. The molecule has 0 aliphatic heterocycles. The number of hydrogen-bond acceptors (Lipinski definition) is 2. The second-order valence-electron chi connectivity index (χ2n) is 6.60. The van der Waals surface area contributed by atoms with Crippen molar-refractivity contribution in [2.45, 2.75) is 45.4 Å². The van der Waals surface area contributed by atoms with Gasteiger partial charge in [0.25, 0.3) is 0 Å². The van der Waals surface area contributed by atoms with E-state index in [9.17, 15) is 0 Å². The van der Waals surface area contributed by atoms with E-state index in [-0.39, 0.29) is 0 Å². The monoisotopic (exact) mass is 289 g/mol. The van der Waals surface area contributed by atoms with Crippen molar-refractivity contribution in [1.82, 2.24) is 5.32 Å². The van der Waals surface area contributed by atoms with Gasteiger partial charge in [0, 0.05) is 0 Å². The molecule has 0 heterocycles. The minimum atomic E-state index is 0.815. The number of nitrogens with one attached hydrogen (secondary N) is 1. The van der Waals surface area contributed by atoms with Crippen LogP contribution in [0.25, 0.3) is 0 Å². The molecule has 0 saturated heterocycles. The molecule has 1 N–H and O–H groups in total. The Kier molecular flexibility index (Phi) is 6.56. The summed E-state index contributed by atoms with van der Waals surface area (Å²) in [6, 6.07) is 8.62. The number of ether oxygens (including phenoxy) is 1. The van der Waals surface area contributed by atoms with Gasteiger partial charge >= 0.3 is 0 Å². The normalized spacial score (nSPS) is 25.8. The summed E-state index contributed by atoms with van der Waals surface area (Å²) in [5.74, 6) is 3.57. The SMILES string of the molecule is CCCC1CCC(CNC)C(Cc2cccc(OC)c2)C1. The Morgan fingerprint density at radius 1 is 1.24 bits per heavy atom. The molecular formula is C19H31NO. The quantitative estimate of drug-likeness (QED) is 0.808. The zero-order chi connectivity index (χ0) is 15.1. The molecular weight excluding hydrogens is 258 g/mol. The lowest BCUT2D eigenvalue weighted by atomic mass is 9.70. The molecule has 0 amide bonds. The van der Waals surface area contributed by atoms with E-state index in [0.29, 0.717) is 0 Å². The van der Waals surface area contributed by atoms with Crippen molar-refractivity contribution in [3.05, 3.63) is 29.8 Å². The Labute approximate surface area is 130 Å². The molecule has 118 valence electrons. The molecule has 1 aliphatic carbocycles. The van der Waals surface area contributed by atoms with Crippen LogP contribution in [0.1, 0.15) is 44.6 Å². The highest BCUT2D eigenvalue weighted by molar-refractivity contribution is 5.28. The molecule has 0 bridgehead atoms. The van der Waals surface area contributed by atoms with E-state index in [0.717, 1.165) is 30.0 Å². The highest BCUT2D eigenvalue weighted by atomic mass is 16.5. The van der Waals surface area contributed by atoms with Crippen LogP contribution >= 0.6 is 0 Å². The smallest absolute Gasteiger partial charge is 0.119 e. The third kappa shape index (κ3) is 4.74. The molecule has 0 aromatic heterocycles. The van der Waals surface area contributed by atoms with Gasteiger partial charge < -0.3 is 10.1 Å². The highest BCUT2D eigenvalue weighted by Crippen LogP contribution is 2.38. The van der Waals surface area contributed by atoms with Crippen LogP contribution in [0.15, 0.2) is 24.3 Å². The van der Waals surface area contributed by atoms with E-state index in [4.69, 9.17) is 4.74 Å². The summed E-state index contributed by atoms with van der Waals surface area (Å²) < 4.78 is 5.37. The van der Waals surface area contributed by atoms with Gasteiger partial charge in [0.15, 0.2) is 0 Å². The number of rotatable bonds is 7. The minimum absolute atomic E-state index is 0.815. The zero-order valence-electron chi connectivity index (χ0n) is 13.9. The van der Waals surface area contributed by atoms with Crippen molar-refractivity contribution >= 4 is 0 Å². The third-order valence-corrected chi connectivity index (χ3v) is 5.04. The van der Waals surface area contributed by atoms with Crippen molar-refractivity contribution in [2.24, 2.45) is 17.8 Å². The van der Waals surface area contributed by atoms with E-state index in [1.54, 1.807) is 7.11 Å². The first kappa shape index (κ1) is 16.4. The second-order valence-corrected chi connectivity index (χ2v) is 6.60. The molecule has 1 aromatic carbocycles. The lowest BCUT2D eigenvalue weighted by Crippen LogP contribution is -2.33. The zero-order valence-corrected chi connectivity index (χ0v) is 13.9. The van der Waals surface area contributed by atoms with Gasteiger partial charge in [-0.1, -0.05) is 38.3 Å². The predicted molar refractivity (Wildman–Crippen MR) is 89.9 cm³/mol. The maximum Gasteiger partial charge on any atom is 0.119 e. The van der Waals surface area contributed by atoms with Gasteiger partial charge in [-0.25, -0.2) is 0 Å². The first-order valence-corrected chi connectivity index (χ1v) is 8.54. The van der Waals surface area contributed by atoms with Crippen molar-refractivity contribution in [3.8, 4) is 5.75 Å². The van der Waals surface area contributed by atoms with Crippen LogP contribution in [-0.2, 0) is 6.42 Å². The molecule has 1 fully saturated rings. The number of benzene rings is 1. The van der Waals surface area contributed by atoms with E-state index in [2.05, 4.69) is 37.5 Å². The van der Waals surface area contributed by atoms with Crippen LogP contribution in [-0.4, -0.2) is 20.7 Å². The van der Waals surface area contributed by atoms with E-state index < -0.39 is 0 Å². The number of methoxy groups -OCH3 is 1. The topological polar surface area (TPSA) is 21.3 Å². The average Bonchev–Trinajstić information content (AvgIpc) is 2.50. The predicted octanol–water partition coefficient (Wildman–Crippen LogP) is 4.29. The summed E-state index contributed by atoms with van der Waals surface area (Å²) in [5.41, 5.74) is 1.43. The highest BCUT2D eigenvalue weighted by Gasteiger charge is 2.29. The first-order valence-electron chi connectivity index (χ1n) is 8.54. The van der Waals surface area contributed by atoms with Gasteiger partial charge in [-0.3, -0.25) is 0 Å². The van der Waals surface area contributed by atoms with Crippen LogP contribution in [0.3, 0.4) is 0 Å². The van der Waals surface area contributed by atoms with Crippen molar-refractivity contribution < 1.29 is 4.74 Å². The fraction of sp³-hybridized carbons (Fsp3) is 0.684. The van der Waals surface area contributed by atoms with Gasteiger partial charge in [-0.15, -0.1) is 0 Å². The summed E-state index contributed by atoms with van der Waals surface area (Å²) in [4.78, 5) is 0. The molecule has 2 nitrogen and oxygen atoms in total. The van der Waals surface area contributed by atoms with E-state index in [1.807, 2.05) is 6.07 Å². The summed E-state index contributed by atoms with van der Waals surface area (Å²) in [7, 11) is 3.83. The maximum atomic E-state index is 5.37. The molecule has 0 radical (unpaired) electrons. The van der Waals surface area contributed by atoms with E-state index in [1.165, 1.54) is 44.1 Å². The lowest BCUT2D eigenvalue weighted by Gasteiger charge is -2.36. The fourth-order valence-corrected chi connectivity index (χ4v) is 3.98. The number of hydrogen-bond donors (Lipinski definition) is 1. The Hall–Kier alpha value is -1.02. The molecule has 1 saturated carbocycles. The largest absolute Gasteiger partial charge is 0.497 e. The second kappa shape index (κ2) is 8.43. The maximum absolute atomic E-state index is 5.37. The van der Waals surface area contributed by atoms with Crippen molar-refractivity contribution in [3.63, 3.8) is 0 Å². The summed E-state index contributed by atoms with van der Waals surface area (Å²) in [6.07, 6.45) is 8.14. The molecule has 3 unspecified atom stereocenters. The Morgan fingerprint density at radius 2 is 2.10 bits per heavy atom. The van der Waals surface area contributed by atoms with Crippen LogP contribution in [0.2, 0.25) is 0 Å². The molecule has 3 atom stereocenters. The van der Waals surface area contributed by atoms with Crippen molar-refractivity contribution in [2.75, 3.05) is 20.7 Å². The van der Waals surface area contributed by atoms with Crippen LogP contribution in [0.4, 0.5) is 0 Å². The van der Waals surface area contributed by atoms with Crippen LogP contribution in [0.5, 0.6) is 5.75 Å². The van der Waals surface area contributed by atoms with Crippen LogP contribution < -0.4 is 10.1 Å². The van der Waals surface area contributed by atoms with Gasteiger partial charge in [0.2, 0.25) is 0 Å². The Bertz CT molecular complexity index is 418. The molecule has 2 rings (SSSR count). The van der Waals surface area contributed by atoms with E-state index >= 15 is 0 Å². The van der Waals surface area contributed by atoms with Gasteiger partial charge in [0.05, 0.1) is 7.11 Å².